The summed E-state index contributed by atoms with van der Waals surface area (Å²) < 4.78 is 5.61. The van der Waals surface area contributed by atoms with E-state index in [0.29, 0.717) is 32.6 Å². The summed E-state index contributed by atoms with van der Waals surface area (Å²) in [7, 11) is 0. The van der Waals surface area contributed by atoms with Gasteiger partial charge in [-0.2, -0.15) is 0 Å². The molecule has 1 unspecified atom stereocenters. The van der Waals surface area contributed by atoms with Gasteiger partial charge in [-0.1, -0.05) is 0 Å². The predicted molar refractivity (Wildman–Crippen MR) is 124 cm³/mol. The van der Waals surface area contributed by atoms with Crippen LogP contribution in [0.15, 0.2) is 23.5 Å². The quantitative estimate of drug-likeness (QED) is 0.315. The first-order valence-electron chi connectivity index (χ1n) is 10.2. The molecule has 9 nitrogen and oxygen atoms in total. The minimum Gasteiger partial charge on any atom is -0.376 e. The molecule has 29 heavy (non-hydrogen) atoms. The van der Waals surface area contributed by atoms with Gasteiger partial charge in [-0.3, -0.25) is 9.79 Å². The molecular formula is C19H32IN7O2. The van der Waals surface area contributed by atoms with E-state index >= 15 is 0 Å². The molecule has 1 aromatic rings. The van der Waals surface area contributed by atoms with Gasteiger partial charge in [0, 0.05) is 64.7 Å². The monoisotopic (exact) mass is 517 g/mol. The largest absolute Gasteiger partial charge is 0.376 e. The third kappa shape index (κ3) is 7.57. The number of anilines is 1. The van der Waals surface area contributed by atoms with Gasteiger partial charge in [0.1, 0.15) is 0 Å². The lowest BCUT2D eigenvalue weighted by Gasteiger charge is -2.34. The zero-order chi connectivity index (χ0) is 19.6. The van der Waals surface area contributed by atoms with Crippen molar-refractivity contribution in [1.29, 1.82) is 0 Å². The number of guanidine groups is 1. The van der Waals surface area contributed by atoms with Gasteiger partial charge in [0.15, 0.2) is 5.96 Å². The Morgan fingerprint density at radius 3 is 2.66 bits per heavy atom. The van der Waals surface area contributed by atoms with Crippen molar-refractivity contribution in [3.63, 3.8) is 0 Å². The highest BCUT2D eigenvalue weighted by Crippen LogP contribution is 2.12. The van der Waals surface area contributed by atoms with E-state index in [1.807, 2.05) is 17.9 Å². The Kier molecular flexibility index (Phi) is 10.4. The summed E-state index contributed by atoms with van der Waals surface area (Å²) in [6, 6.07) is 1.81. The second-order valence-electron chi connectivity index (χ2n) is 6.95. The number of aromatic nitrogens is 2. The van der Waals surface area contributed by atoms with Crippen LogP contribution in [0.5, 0.6) is 0 Å². The van der Waals surface area contributed by atoms with Gasteiger partial charge < -0.3 is 25.2 Å². The molecule has 0 saturated carbocycles. The van der Waals surface area contributed by atoms with Crippen molar-refractivity contribution in [1.82, 2.24) is 25.5 Å². The Bertz CT molecular complexity index is 633. The average molecular weight is 517 g/mol. The summed E-state index contributed by atoms with van der Waals surface area (Å²) >= 11 is 0. The summed E-state index contributed by atoms with van der Waals surface area (Å²) in [5.74, 6) is 1.64. The number of nitrogens with zero attached hydrogens (tertiary/aromatic N) is 5. The molecule has 2 saturated heterocycles. The first kappa shape index (κ1) is 23.6. The van der Waals surface area contributed by atoms with Gasteiger partial charge in [0.05, 0.1) is 12.6 Å². The molecule has 3 heterocycles. The summed E-state index contributed by atoms with van der Waals surface area (Å²) in [5.41, 5.74) is 0. The number of halogens is 1. The highest BCUT2D eigenvalue weighted by molar-refractivity contribution is 14.0. The fourth-order valence-electron chi connectivity index (χ4n) is 3.38. The number of aliphatic imine (C=N–C) groups is 1. The van der Waals surface area contributed by atoms with E-state index in [2.05, 4.69) is 30.5 Å². The number of carbonyl (C=O) groups is 1. The molecule has 2 aliphatic rings. The van der Waals surface area contributed by atoms with Gasteiger partial charge in [-0.05, 0) is 25.8 Å². The van der Waals surface area contributed by atoms with E-state index in [1.165, 1.54) is 0 Å². The van der Waals surface area contributed by atoms with E-state index in [9.17, 15) is 4.79 Å². The number of rotatable bonds is 7. The minimum atomic E-state index is 0. The number of piperazine rings is 1. The first-order valence-corrected chi connectivity index (χ1v) is 10.2. The van der Waals surface area contributed by atoms with Crippen molar-refractivity contribution in [2.24, 2.45) is 4.99 Å². The van der Waals surface area contributed by atoms with Gasteiger partial charge in [-0.15, -0.1) is 24.0 Å². The van der Waals surface area contributed by atoms with E-state index in [4.69, 9.17) is 4.74 Å². The third-order valence-electron chi connectivity index (χ3n) is 4.92. The molecule has 3 rings (SSSR count). The Morgan fingerprint density at radius 2 is 2.00 bits per heavy atom. The minimum absolute atomic E-state index is 0. The zero-order valence-electron chi connectivity index (χ0n) is 17.0. The average Bonchev–Trinajstić information content (AvgIpc) is 3.26. The van der Waals surface area contributed by atoms with Gasteiger partial charge in [0.25, 0.3) is 0 Å². The van der Waals surface area contributed by atoms with E-state index in [-0.39, 0.29) is 36.0 Å². The van der Waals surface area contributed by atoms with Gasteiger partial charge >= 0.3 is 0 Å². The standard InChI is InChI=1S/C19H31N7O2.HI/c1-2-20-18(24-15-16-5-3-14-28-16)21-9-6-17(27)25-10-12-26(13-11-25)19-22-7-4-8-23-19;/h4,7-8,16H,2-3,5-6,9-15H2,1H3,(H2,20,21,24);1H. The molecule has 162 valence electrons. The van der Waals surface area contributed by atoms with Crippen LogP contribution in [0.1, 0.15) is 26.2 Å². The molecule has 0 aliphatic carbocycles. The van der Waals surface area contributed by atoms with E-state index < -0.39 is 0 Å². The number of hydrogen-bond donors (Lipinski definition) is 2. The molecule has 2 N–H and O–H groups in total. The summed E-state index contributed by atoms with van der Waals surface area (Å²) in [6.07, 6.45) is 6.35. The maximum atomic E-state index is 12.5. The molecule has 1 atom stereocenters. The molecular weight excluding hydrogens is 485 g/mol. The smallest absolute Gasteiger partial charge is 0.225 e. The Balaban J connectivity index is 0.00000300. The van der Waals surface area contributed by atoms with Crippen molar-refractivity contribution in [2.45, 2.75) is 32.3 Å². The summed E-state index contributed by atoms with van der Waals surface area (Å²) in [4.78, 5) is 29.7. The second kappa shape index (κ2) is 12.8. The topological polar surface area (TPSA) is 95.0 Å². The third-order valence-corrected chi connectivity index (χ3v) is 4.92. The lowest BCUT2D eigenvalue weighted by atomic mass is 10.2. The van der Waals surface area contributed by atoms with Crippen LogP contribution in [0.4, 0.5) is 5.95 Å². The Labute approximate surface area is 189 Å². The van der Waals surface area contributed by atoms with Crippen molar-refractivity contribution in [3.8, 4) is 0 Å². The van der Waals surface area contributed by atoms with Gasteiger partial charge in [-0.25, -0.2) is 9.97 Å². The van der Waals surface area contributed by atoms with Crippen molar-refractivity contribution >= 4 is 41.8 Å². The molecule has 1 aromatic heterocycles. The van der Waals surface area contributed by atoms with E-state index in [0.717, 1.165) is 51.0 Å². The molecule has 0 aromatic carbocycles. The lowest BCUT2D eigenvalue weighted by molar-refractivity contribution is -0.131. The molecule has 10 heteroatoms. The number of ether oxygens (including phenoxy) is 1. The normalized spacial score (nSPS) is 19.6. The molecule has 1 amide bonds. The van der Waals surface area contributed by atoms with Crippen molar-refractivity contribution < 1.29 is 9.53 Å². The molecule has 0 radical (unpaired) electrons. The van der Waals surface area contributed by atoms with Crippen LogP contribution in [0.25, 0.3) is 0 Å². The van der Waals surface area contributed by atoms with Crippen LogP contribution in [-0.4, -0.2) is 85.3 Å². The second-order valence-corrected chi connectivity index (χ2v) is 6.95. The number of amides is 1. The Morgan fingerprint density at radius 1 is 1.24 bits per heavy atom. The number of nitrogens with one attached hydrogen (secondary N) is 2. The molecule has 2 fully saturated rings. The highest BCUT2D eigenvalue weighted by Gasteiger charge is 2.22. The summed E-state index contributed by atoms with van der Waals surface area (Å²) in [6.45, 7) is 7.80. The van der Waals surface area contributed by atoms with Crippen LogP contribution in [0.3, 0.4) is 0 Å². The maximum Gasteiger partial charge on any atom is 0.225 e. The zero-order valence-corrected chi connectivity index (χ0v) is 19.4. The Hall–Kier alpha value is -1.69. The maximum absolute atomic E-state index is 12.5. The van der Waals surface area contributed by atoms with Crippen LogP contribution in [-0.2, 0) is 9.53 Å². The molecule has 0 bridgehead atoms. The molecule has 2 aliphatic heterocycles. The van der Waals surface area contributed by atoms with Crippen LogP contribution >= 0.6 is 24.0 Å². The van der Waals surface area contributed by atoms with Gasteiger partial charge in [0.2, 0.25) is 11.9 Å². The SMILES string of the molecule is CCNC(=NCC1CCCO1)NCCC(=O)N1CCN(c2ncccn2)CC1.I. The predicted octanol–water partition coefficient (Wildman–Crippen LogP) is 0.867. The van der Waals surface area contributed by atoms with Crippen LogP contribution in [0, 0.1) is 0 Å². The first-order chi connectivity index (χ1) is 13.8. The van der Waals surface area contributed by atoms with Crippen LogP contribution in [0.2, 0.25) is 0 Å². The van der Waals surface area contributed by atoms with Crippen molar-refractivity contribution in [3.05, 3.63) is 18.5 Å². The van der Waals surface area contributed by atoms with E-state index in [1.54, 1.807) is 12.4 Å². The highest BCUT2D eigenvalue weighted by atomic mass is 127. The summed E-state index contributed by atoms with van der Waals surface area (Å²) in [5, 5.41) is 6.48. The van der Waals surface area contributed by atoms with Crippen molar-refractivity contribution in [2.75, 3.05) is 57.3 Å². The fourth-order valence-corrected chi connectivity index (χ4v) is 3.38. The fraction of sp³-hybridized carbons (Fsp3) is 0.684. The molecule has 0 spiro atoms. The lowest BCUT2D eigenvalue weighted by Crippen LogP contribution is -2.50. The number of hydrogen-bond acceptors (Lipinski definition) is 6. The van der Waals surface area contributed by atoms with Crippen LogP contribution < -0.4 is 15.5 Å². The number of carbonyl (C=O) groups excluding carboxylic acids is 1.